The van der Waals surface area contributed by atoms with Crippen LogP contribution in [0.15, 0.2) is 36.3 Å². The van der Waals surface area contributed by atoms with Crippen LogP contribution in [0.1, 0.15) is 66.2 Å². The van der Waals surface area contributed by atoms with E-state index in [2.05, 4.69) is 18.5 Å². The molecule has 0 aromatic rings. The number of methoxy groups -OCH3 is 1. The number of hydrogen-bond donors (Lipinski definition) is 1. The zero-order chi connectivity index (χ0) is 23.9. The number of esters is 1. The van der Waals surface area contributed by atoms with Crippen molar-refractivity contribution in [3.63, 3.8) is 0 Å². The third-order valence-corrected chi connectivity index (χ3v) is 8.58. The molecule has 0 heterocycles. The maximum Gasteiger partial charge on any atom is 0.407 e. The number of carbonyl (C=O) groups is 2. The maximum absolute atomic E-state index is 13.4. The van der Waals surface area contributed by atoms with Crippen LogP contribution in [-0.4, -0.2) is 44.5 Å². The van der Waals surface area contributed by atoms with Gasteiger partial charge in [-0.15, -0.1) is 0 Å². The highest BCUT2D eigenvalue weighted by Crippen LogP contribution is 2.50. The molecule has 1 amide bonds. The summed E-state index contributed by atoms with van der Waals surface area (Å²) in [7, 11) is -2.81. The van der Waals surface area contributed by atoms with Gasteiger partial charge < -0.3 is 14.8 Å². The van der Waals surface area contributed by atoms with E-state index in [9.17, 15) is 18.0 Å². The van der Waals surface area contributed by atoms with Gasteiger partial charge >= 0.3 is 12.1 Å². The van der Waals surface area contributed by atoms with E-state index < -0.39 is 32.2 Å². The Balaban J connectivity index is 3.04. The average molecular weight is 456 g/mol. The smallest absolute Gasteiger partial charge is 0.407 e. The lowest BCUT2D eigenvalue weighted by atomic mass is 9.66. The summed E-state index contributed by atoms with van der Waals surface area (Å²) in [5.74, 6) is -0.749. The molecule has 0 atom stereocenters. The molecule has 0 radical (unpaired) electrons. The Morgan fingerprint density at radius 3 is 2.13 bits per heavy atom. The van der Waals surface area contributed by atoms with Gasteiger partial charge in [0.1, 0.15) is 5.60 Å². The third kappa shape index (κ3) is 6.21. The summed E-state index contributed by atoms with van der Waals surface area (Å²) in [6.07, 6.45) is 6.25. The highest BCUT2D eigenvalue weighted by atomic mass is 32.2. The molecular formula is C23H37NO6S. The Kier molecular flexibility index (Phi) is 9.11. The molecule has 176 valence electrons. The molecule has 1 aliphatic carbocycles. The van der Waals surface area contributed by atoms with Crippen LogP contribution in [0.5, 0.6) is 0 Å². The van der Waals surface area contributed by atoms with Crippen LogP contribution in [-0.2, 0) is 24.1 Å². The van der Waals surface area contributed by atoms with Crippen molar-refractivity contribution in [3.05, 3.63) is 36.3 Å². The minimum atomic E-state index is -4.01. The number of rotatable bonds is 9. The normalized spacial score (nSPS) is 24.7. The Hall–Kier alpha value is -2.09. The summed E-state index contributed by atoms with van der Waals surface area (Å²) in [5, 5.41) is 2.77. The summed E-state index contributed by atoms with van der Waals surface area (Å²) >= 11 is 0. The Labute approximate surface area is 186 Å². The van der Waals surface area contributed by atoms with Crippen molar-refractivity contribution in [2.75, 3.05) is 13.7 Å². The van der Waals surface area contributed by atoms with E-state index in [1.165, 1.54) is 25.3 Å². The first-order valence-electron chi connectivity index (χ1n) is 10.6. The molecule has 1 aliphatic rings. The Morgan fingerprint density at radius 2 is 1.71 bits per heavy atom. The van der Waals surface area contributed by atoms with Gasteiger partial charge in [0.15, 0.2) is 14.6 Å². The predicted octanol–water partition coefficient (Wildman–Crippen LogP) is 4.45. The number of hydrogen-bond acceptors (Lipinski definition) is 6. The molecule has 0 aliphatic heterocycles. The lowest BCUT2D eigenvalue weighted by Crippen LogP contribution is -2.52. The molecule has 1 saturated carbocycles. The summed E-state index contributed by atoms with van der Waals surface area (Å²) in [6, 6.07) is 0. The fourth-order valence-electron chi connectivity index (χ4n) is 4.09. The molecule has 1 fully saturated rings. The molecule has 0 spiro atoms. The second kappa shape index (κ2) is 10.5. The molecule has 0 saturated heterocycles. The van der Waals surface area contributed by atoms with Crippen LogP contribution in [0.2, 0.25) is 0 Å². The van der Waals surface area contributed by atoms with Crippen molar-refractivity contribution >= 4 is 21.9 Å². The Morgan fingerprint density at radius 1 is 1.13 bits per heavy atom. The molecule has 0 aromatic heterocycles. The highest BCUT2D eigenvalue weighted by molar-refractivity contribution is 7.97. The first-order chi connectivity index (χ1) is 14.3. The molecular weight excluding hydrogens is 418 g/mol. The van der Waals surface area contributed by atoms with Gasteiger partial charge in [0, 0.05) is 6.54 Å². The van der Waals surface area contributed by atoms with Gasteiger partial charge in [-0.2, -0.15) is 0 Å². The van der Waals surface area contributed by atoms with E-state index in [1.807, 2.05) is 6.92 Å². The number of nitrogens with one attached hydrogen (secondary N) is 1. The number of allylic oxidation sites excluding steroid dienone is 3. The zero-order valence-corrected chi connectivity index (χ0v) is 20.3. The van der Waals surface area contributed by atoms with Crippen molar-refractivity contribution in [1.82, 2.24) is 5.32 Å². The lowest BCUT2D eigenvalue weighted by Gasteiger charge is -2.44. The first kappa shape index (κ1) is 26.9. The highest BCUT2D eigenvalue weighted by Gasteiger charge is 2.56. The largest absolute Gasteiger partial charge is 0.468 e. The van der Waals surface area contributed by atoms with Crippen molar-refractivity contribution < 1.29 is 27.5 Å². The molecule has 0 bridgehead atoms. The summed E-state index contributed by atoms with van der Waals surface area (Å²) < 4.78 is 35.4. The van der Waals surface area contributed by atoms with E-state index in [4.69, 9.17) is 9.47 Å². The summed E-state index contributed by atoms with van der Waals surface area (Å²) in [6.45, 7) is 15.0. The molecule has 1 rings (SSSR count). The topological polar surface area (TPSA) is 98.8 Å². The average Bonchev–Trinajstić information content (AvgIpc) is 2.70. The third-order valence-electron chi connectivity index (χ3n) is 6.06. The van der Waals surface area contributed by atoms with E-state index >= 15 is 0 Å². The molecule has 8 heteroatoms. The van der Waals surface area contributed by atoms with Crippen molar-refractivity contribution in [1.29, 1.82) is 0 Å². The number of amides is 1. The van der Waals surface area contributed by atoms with Gasteiger partial charge in [-0.25, -0.2) is 13.2 Å². The van der Waals surface area contributed by atoms with Crippen molar-refractivity contribution in [2.24, 2.45) is 5.41 Å². The second-order valence-electron chi connectivity index (χ2n) is 9.03. The van der Waals surface area contributed by atoms with Crippen LogP contribution < -0.4 is 5.32 Å². The van der Waals surface area contributed by atoms with Gasteiger partial charge in [-0.3, -0.25) is 4.79 Å². The monoisotopic (exact) mass is 455 g/mol. The van der Waals surface area contributed by atoms with E-state index in [-0.39, 0.29) is 23.2 Å². The SMILES string of the molecule is C=C/C=C(\C=C)S(=O)(=O)C1(C(=O)OC)CCC(CC)(CCNC(=O)OC(C)(C)C)CC1. The van der Waals surface area contributed by atoms with Crippen LogP contribution in [0, 0.1) is 5.41 Å². The van der Waals surface area contributed by atoms with Crippen LogP contribution in [0.4, 0.5) is 4.79 Å². The van der Waals surface area contributed by atoms with Gasteiger partial charge in [-0.05, 0) is 64.4 Å². The fraction of sp³-hybridized carbons (Fsp3) is 0.652. The summed E-state index contributed by atoms with van der Waals surface area (Å²) in [5.41, 5.74) is -0.758. The molecule has 31 heavy (non-hydrogen) atoms. The van der Waals surface area contributed by atoms with Crippen molar-refractivity contribution in [3.8, 4) is 0 Å². The summed E-state index contributed by atoms with van der Waals surface area (Å²) in [4.78, 5) is 24.6. The van der Waals surface area contributed by atoms with Crippen LogP contribution in [0.3, 0.4) is 0 Å². The molecule has 0 aromatic carbocycles. The number of ether oxygens (including phenoxy) is 2. The minimum Gasteiger partial charge on any atom is -0.468 e. The fourth-order valence-corrected chi connectivity index (χ4v) is 6.08. The molecule has 0 unspecified atom stereocenters. The quantitative estimate of drug-likeness (QED) is 0.407. The van der Waals surface area contributed by atoms with E-state index in [1.54, 1.807) is 20.8 Å². The van der Waals surface area contributed by atoms with Gasteiger partial charge in [0.2, 0.25) is 0 Å². The number of sulfone groups is 1. The Bertz CT molecular complexity index is 811. The van der Waals surface area contributed by atoms with E-state index in [0.29, 0.717) is 25.8 Å². The maximum atomic E-state index is 13.4. The van der Waals surface area contributed by atoms with Gasteiger partial charge in [0.25, 0.3) is 0 Å². The minimum absolute atomic E-state index is 0.0384. The van der Waals surface area contributed by atoms with Gasteiger partial charge in [-0.1, -0.05) is 38.7 Å². The first-order valence-corrected chi connectivity index (χ1v) is 12.1. The number of alkyl carbamates (subject to hydrolysis) is 1. The van der Waals surface area contributed by atoms with Crippen molar-refractivity contribution in [2.45, 2.75) is 76.6 Å². The second-order valence-corrected chi connectivity index (χ2v) is 11.3. The lowest BCUT2D eigenvalue weighted by molar-refractivity contribution is -0.145. The van der Waals surface area contributed by atoms with Crippen LogP contribution in [0.25, 0.3) is 0 Å². The molecule has 1 N–H and O–H groups in total. The number of carbonyl (C=O) groups excluding carboxylic acids is 2. The zero-order valence-electron chi connectivity index (χ0n) is 19.5. The predicted molar refractivity (Wildman–Crippen MR) is 122 cm³/mol. The van der Waals surface area contributed by atoms with Crippen LogP contribution >= 0.6 is 0 Å². The van der Waals surface area contributed by atoms with E-state index in [0.717, 1.165) is 6.42 Å². The standard InChI is InChI=1S/C23H37NO6S/c1-8-11-18(9-2)31(27,28)23(19(25)29-7)14-12-22(10-3,13-15-23)16-17-24-20(26)30-21(4,5)6/h8-9,11H,1-2,10,12-17H2,3-7H3,(H,24,26)/b18-11+. The van der Waals surface area contributed by atoms with Gasteiger partial charge in [0.05, 0.1) is 12.0 Å². The molecule has 7 nitrogen and oxygen atoms in total.